The van der Waals surface area contributed by atoms with Crippen molar-refractivity contribution in [3.63, 3.8) is 0 Å². The number of ether oxygens (including phenoxy) is 1. The van der Waals surface area contributed by atoms with E-state index in [9.17, 15) is 9.59 Å². The second-order valence-corrected chi connectivity index (χ2v) is 4.88. The first-order valence-corrected chi connectivity index (χ1v) is 6.87. The van der Waals surface area contributed by atoms with Crippen LogP contribution in [0, 0.1) is 0 Å². The molecule has 1 atom stereocenters. The molecule has 1 amide bonds. The maximum Gasteiger partial charge on any atom is 0.287 e. The molecule has 6 heteroatoms. The number of para-hydroxylation sites is 1. The average molecular weight is 288 g/mol. The van der Waals surface area contributed by atoms with Crippen molar-refractivity contribution >= 4 is 16.9 Å². The van der Waals surface area contributed by atoms with Gasteiger partial charge in [-0.15, -0.1) is 0 Å². The fourth-order valence-corrected chi connectivity index (χ4v) is 2.26. The van der Waals surface area contributed by atoms with Crippen LogP contribution in [0.3, 0.4) is 0 Å². The Morgan fingerprint density at radius 3 is 3.05 bits per heavy atom. The van der Waals surface area contributed by atoms with Crippen molar-refractivity contribution in [2.24, 2.45) is 0 Å². The van der Waals surface area contributed by atoms with E-state index < -0.39 is 5.91 Å². The van der Waals surface area contributed by atoms with Gasteiger partial charge >= 0.3 is 0 Å². The molecule has 0 saturated carbocycles. The van der Waals surface area contributed by atoms with Crippen molar-refractivity contribution < 1.29 is 13.9 Å². The third-order valence-corrected chi connectivity index (χ3v) is 3.35. The van der Waals surface area contributed by atoms with Crippen LogP contribution in [0.15, 0.2) is 39.5 Å². The Balaban J connectivity index is 1.73. The van der Waals surface area contributed by atoms with Gasteiger partial charge in [0, 0.05) is 25.7 Å². The van der Waals surface area contributed by atoms with Crippen molar-refractivity contribution in [3.8, 4) is 0 Å². The monoisotopic (exact) mass is 288 g/mol. The highest BCUT2D eigenvalue weighted by Crippen LogP contribution is 2.11. The first kappa shape index (κ1) is 13.8. The molecule has 1 fully saturated rings. The zero-order valence-corrected chi connectivity index (χ0v) is 11.4. The standard InChI is InChI=1S/C15H16N2O4/c18-12-7-14(21-13-4-2-1-3-11(12)13)15(19)17-9-10-8-16-5-6-20-10/h1-4,7,10,16H,5-6,8-9H2,(H,17,19). The minimum absolute atomic E-state index is 0.0162. The van der Waals surface area contributed by atoms with Crippen LogP contribution in [-0.2, 0) is 4.74 Å². The summed E-state index contributed by atoms with van der Waals surface area (Å²) in [6, 6.07) is 8.07. The van der Waals surface area contributed by atoms with Crippen molar-refractivity contribution in [1.82, 2.24) is 10.6 Å². The summed E-state index contributed by atoms with van der Waals surface area (Å²) in [5, 5.41) is 6.37. The molecular weight excluding hydrogens is 272 g/mol. The molecule has 2 aromatic rings. The van der Waals surface area contributed by atoms with E-state index in [2.05, 4.69) is 10.6 Å². The van der Waals surface area contributed by atoms with E-state index >= 15 is 0 Å². The summed E-state index contributed by atoms with van der Waals surface area (Å²) in [7, 11) is 0. The highest BCUT2D eigenvalue weighted by atomic mass is 16.5. The van der Waals surface area contributed by atoms with Crippen LogP contribution in [0.2, 0.25) is 0 Å². The molecule has 0 bridgehead atoms. The summed E-state index contributed by atoms with van der Waals surface area (Å²) in [6.45, 7) is 2.53. The molecule has 0 aliphatic carbocycles. The first-order chi connectivity index (χ1) is 10.2. The summed E-state index contributed by atoms with van der Waals surface area (Å²) in [6.07, 6.45) is -0.0603. The normalized spacial score (nSPS) is 18.6. The van der Waals surface area contributed by atoms with Crippen LogP contribution in [0.4, 0.5) is 0 Å². The third-order valence-electron chi connectivity index (χ3n) is 3.35. The molecule has 3 rings (SSSR count). The second kappa shape index (κ2) is 6.07. The van der Waals surface area contributed by atoms with E-state index in [-0.39, 0.29) is 17.3 Å². The summed E-state index contributed by atoms with van der Waals surface area (Å²) in [4.78, 5) is 24.0. The predicted molar refractivity (Wildman–Crippen MR) is 77.4 cm³/mol. The number of fused-ring (bicyclic) bond motifs is 1. The Bertz CT molecular complexity index is 704. The van der Waals surface area contributed by atoms with Gasteiger partial charge in [0.2, 0.25) is 0 Å². The number of amides is 1. The van der Waals surface area contributed by atoms with Crippen molar-refractivity contribution in [2.45, 2.75) is 6.10 Å². The molecule has 2 heterocycles. The van der Waals surface area contributed by atoms with Gasteiger partial charge in [-0.1, -0.05) is 12.1 Å². The lowest BCUT2D eigenvalue weighted by atomic mass is 10.2. The van der Waals surface area contributed by atoms with Crippen molar-refractivity contribution in [3.05, 3.63) is 46.3 Å². The zero-order chi connectivity index (χ0) is 14.7. The smallest absolute Gasteiger partial charge is 0.287 e. The Morgan fingerprint density at radius 2 is 2.24 bits per heavy atom. The van der Waals surface area contributed by atoms with Gasteiger partial charge in [0.05, 0.1) is 18.1 Å². The van der Waals surface area contributed by atoms with Crippen LogP contribution in [0.1, 0.15) is 10.6 Å². The van der Waals surface area contributed by atoms with Crippen LogP contribution in [-0.4, -0.2) is 38.3 Å². The fraction of sp³-hybridized carbons (Fsp3) is 0.333. The van der Waals surface area contributed by atoms with Gasteiger partial charge in [-0.2, -0.15) is 0 Å². The molecule has 0 spiro atoms. The van der Waals surface area contributed by atoms with Gasteiger partial charge in [-0.3, -0.25) is 9.59 Å². The van der Waals surface area contributed by atoms with E-state index in [0.29, 0.717) is 30.7 Å². The molecule has 0 radical (unpaired) electrons. The number of nitrogens with one attached hydrogen (secondary N) is 2. The maximum atomic E-state index is 12.1. The lowest BCUT2D eigenvalue weighted by Crippen LogP contribution is -2.45. The van der Waals surface area contributed by atoms with Gasteiger partial charge in [-0.25, -0.2) is 0 Å². The molecule has 1 saturated heterocycles. The van der Waals surface area contributed by atoms with Crippen LogP contribution < -0.4 is 16.1 Å². The summed E-state index contributed by atoms with van der Waals surface area (Å²) < 4.78 is 11.0. The largest absolute Gasteiger partial charge is 0.451 e. The highest BCUT2D eigenvalue weighted by molar-refractivity contribution is 5.93. The molecule has 1 aliphatic rings. The van der Waals surface area contributed by atoms with Crippen LogP contribution >= 0.6 is 0 Å². The Hall–Kier alpha value is -2.18. The zero-order valence-electron chi connectivity index (χ0n) is 11.4. The molecule has 1 aromatic carbocycles. The SMILES string of the molecule is O=C(NCC1CNCCO1)c1cc(=O)c2ccccc2o1. The number of rotatable bonds is 3. The summed E-state index contributed by atoms with van der Waals surface area (Å²) >= 11 is 0. The minimum atomic E-state index is -0.410. The Kier molecular flexibility index (Phi) is 3.98. The summed E-state index contributed by atoms with van der Waals surface area (Å²) in [5.74, 6) is -0.394. The number of morpholine rings is 1. The molecular formula is C15H16N2O4. The van der Waals surface area contributed by atoms with Crippen LogP contribution in [0.5, 0.6) is 0 Å². The lowest BCUT2D eigenvalue weighted by molar-refractivity contribution is 0.0285. The minimum Gasteiger partial charge on any atom is -0.451 e. The second-order valence-electron chi connectivity index (χ2n) is 4.88. The van der Waals surface area contributed by atoms with Gasteiger partial charge in [0.25, 0.3) is 5.91 Å². The van der Waals surface area contributed by atoms with Gasteiger partial charge in [0.1, 0.15) is 5.58 Å². The molecule has 110 valence electrons. The molecule has 1 unspecified atom stereocenters. The first-order valence-electron chi connectivity index (χ1n) is 6.87. The molecule has 1 aliphatic heterocycles. The van der Waals surface area contributed by atoms with Crippen molar-refractivity contribution in [1.29, 1.82) is 0 Å². The topological polar surface area (TPSA) is 80.6 Å². The quantitative estimate of drug-likeness (QED) is 0.860. The highest BCUT2D eigenvalue weighted by Gasteiger charge is 2.17. The number of hydrogen-bond acceptors (Lipinski definition) is 5. The number of benzene rings is 1. The van der Waals surface area contributed by atoms with Crippen molar-refractivity contribution in [2.75, 3.05) is 26.2 Å². The molecule has 6 nitrogen and oxygen atoms in total. The van der Waals surface area contributed by atoms with E-state index in [4.69, 9.17) is 9.15 Å². The van der Waals surface area contributed by atoms with E-state index in [0.717, 1.165) is 6.54 Å². The van der Waals surface area contributed by atoms with Gasteiger partial charge in [-0.05, 0) is 12.1 Å². The van der Waals surface area contributed by atoms with Gasteiger partial charge < -0.3 is 19.8 Å². The van der Waals surface area contributed by atoms with Crippen LogP contribution in [0.25, 0.3) is 11.0 Å². The number of hydrogen-bond donors (Lipinski definition) is 2. The number of carbonyl (C=O) groups excluding carboxylic acids is 1. The average Bonchev–Trinajstić information content (AvgIpc) is 2.53. The maximum absolute atomic E-state index is 12.1. The predicted octanol–water partition coefficient (Wildman–Crippen LogP) is 0.511. The Morgan fingerprint density at radius 1 is 1.38 bits per heavy atom. The van der Waals surface area contributed by atoms with E-state index in [1.165, 1.54) is 6.07 Å². The van der Waals surface area contributed by atoms with E-state index in [1.807, 2.05) is 0 Å². The fourth-order valence-electron chi connectivity index (χ4n) is 2.26. The lowest BCUT2D eigenvalue weighted by Gasteiger charge is -2.23. The third kappa shape index (κ3) is 3.12. The van der Waals surface area contributed by atoms with E-state index in [1.54, 1.807) is 24.3 Å². The molecule has 21 heavy (non-hydrogen) atoms. The Labute approximate surface area is 121 Å². The molecule has 2 N–H and O–H groups in total. The summed E-state index contributed by atoms with van der Waals surface area (Å²) in [5.41, 5.74) is 0.184. The number of carbonyl (C=O) groups is 1. The van der Waals surface area contributed by atoms with Gasteiger partial charge in [0.15, 0.2) is 11.2 Å². The molecule has 1 aromatic heterocycles.